The van der Waals surface area contributed by atoms with Crippen LogP contribution in [0.1, 0.15) is 36.9 Å². The first kappa shape index (κ1) is 29.8. The molecule has 4 fully saturated rings. The lowest BCUT2D eigenvalue weighted by atomic mass is 9.95. The largest absolute Gasteiger partial charge is 0.508 e. The summed E-state index contributed by atoms with van der Waals surface area (Å²) in [5.41, 5.74) is -0.109. The third-order valence-electron chi connectivity index (χ3n) is 9.98. The zero-order chi connectivity index (χ0) is 32.3. The summed E-state index contributed by atoms with van der Waals surface area (Å²) >= 11 is 0. The Labute approximate surface area is 271 Å². The number of aromatic nitrogens is 3. The highest BCUT2D eigenvalue weighted by Gasteiger charge is 2.45. The van der Waals surface area contributed by atoms with Crippen LogP contribution in [0, 0.1) is 41.7 Å². The average molecular weight is 637 g/mol. The summed E-state index contributed by atoms with van der Waals surface area (Å²) in [4.78, 5) is 18.6. The van der Waals surface area contributed by atoms with Crippen LogP contribution in [-0.4, -0.2) is 89.6 Å². The standard InChI is InChI=1S/C36H34F2N6O3/c1-3-25-27(37)8-5-21-15-24(45)16-26(29(21)25)32-31(38)33-30(28(4-2)40-32)34(44-17-22-6-7-23(18-44)39-22)42-35(41-33)47-20-36(9-10-36)19-43-11-13-46-14-12-43/h1-2,5,8,15-16,22-23,39,45H,6-7,9-14,17-20H2/t22-,23+. The fraction of sp³-hybridized carbons (Fsp3) is 0.417. The molecule has 1 aliphatic carbocycles. The van der Waals surface area contributed by atoms with Crippen molar-refractivity contribution in [2.75, 3.05) is 57.4 Å². The number of halogens is 2. The van der Waals surface area contributed by atoms with Crippen molar-refractivity contribution in [2.24, 2.45) is 5.41 Å². The summed E-state index contributed by atoms with van der Waals surface area (Å²) in [6, 6.07) is 6.05. The maximum Gasteiger partial charge on any atom is 0.319 e. The van der Waals surface area contributed by atoms with Gasteiger partial charge in [0.2, 0.25) is 0 Å². The second kappa shape index (κ2) is 11.6. The molecule has 8 rings (SSSR count). The molecule has 4 aromatic rings. The molecule has 1 saturated carbocycles. The summed E-state index contributed by atoms with van der Waals surface area (Å²) in [6.45, 7) is 5.82. The van der Waals surface area contributed by atoms with Gasteiger partial charge in [-0.25, -0.2) is 13.8 Å². The van der Waals surface area contributed by atoms with Gasteiger partial charge in [0, 0.05) is 61.2 Å². The van der Waals surface area contributed by atoms with Crippen molar-refractivity contribution in [1.29, 1.82) is 0 Å². The molecule has 2 bridgehead atoms. The molecule has 9 nitrogen and oxygen atoms in total. The van der Waals surface area contributed by atoms with Crippen LogP contribution >= 0.6 is 0 Å². The van der Waals surface area contributed by atoms with Crippen LogP contribution in [-0.2, 0) is 4.74 Å². The van der Waals surface area contributed by atoms with Crippen LogP contribution in [0.5, 0.6) is 11.8 Å². The van der Waals surface area contributed by atoms with Crippen molar-refractivity contribution < 1.29 is 23.4 Å². The molecule has 2 aromatic carbocycles. The SMILES string of the molecule is C#Cc1c(F)ccc2cc(O)cc(-c3nc(C#C)c4c(N5C[C@H]6CC[C@@H](C5)N6)nc(OCC5(CN6CCOCC6)CC5)nc4c3F)c12. The number of terminal acetylenes is 2. The first-order valence-corrected chi connectivity index (χ1v) is 16.1. The van der Waals surface area contributed by atoms with Crippen LogP contribution < -0.4 is 15.0 Å². The molecule has 11 heteroatoms. The molecular weight excluding hydrogens is 602 g/mol. The number of piperazine rings is 1. The Balaban J connectivity index is 1.27. The molecule has 0 spiro atoms. The number of morpholine rings is 1. The van der Waals surface area contributed by atoms with Gasteiger partial charge in [-0.3, -0.25) is 4.90 Å². The smallest absolute Gasteiger partial charge is 0.319 e. The fourth-order valence-corrected chi connectivity index (χ4v) is 7.41. The quantitative estimate of drug-likeness (QED) is 0.289. The van der Waals surface area contributed by atoms with Gasteiger partial charge in [-0.1, -0.05) is 12.0 Å². The van der Waals surface area contributed by atoms with Gasteiger partial charge in [0.1, 0.15) is 34.3 Å². The highest BCUT2D eigenvalue weighted by atomic mass is 19.1. The molecule has 0 unspecified atom stereocenters. The Morgan fingerprint density at radius 3 is 2.49 bits per heavy atom. The minimum atomic E-state index is -0.792. The maximum absolute atomic E-state index is 17.0. The number of ether oxygens (including phenoxy) is 2. The number of phenolic OH excluding ortho intramolecular Hbond substituents is 1. The molecule has 3 saturated heterocycles. The normalized spacial score (nSPS) is 21.9. The number of hydrogen-bond donors (Lipinski definition) is 2. The van der Waals surface area contributed by atoms with E-state index in [1.54, 1.807) is 0 Å². The Morgan fingerprint density at radius 2 is 1.79 bits per heavy atom. The number of hydrogen-bond acceptors (Lipinski definition) is 9. The van der Waals surface area contributed by atoms with E-state index in [-0.39, 0.29) is 62.7 Å². The highest BCUT2D eigenvalue weighted by Crippen LogP contribution is 2.47. The molecular formula is C36H34F2N6O3. The van der Waals surface area contributed by atoms with E-state index in [4.69, 9.17) is 27.3 Å². The van der Waals surface area contributed by atoms with Gasteiger partial charge in [-0.15, -0.1) is 12.8 Å². The second-order valence-electron chi connectivity index (χ2n) is 13.2. The van der Waals surface area contributed by atoms with E-state index in [0.717, 1.165) is 58.5 Å². The molecule has 2 aromatic heterocycles. The number of benzene rings is 2. The van der Waals surface area contributed by atoms with Gasteiger partial charge >= 0.3 is 6.01 Å². The van der Waals surface area contributed by atoms with E-state index in [1.165, 1.54) is 24.3 Å². The highest BCUT2D eigenvalue weighted by molar-refractivity contribution is 6.04. The average Bonchev–Trinajstić information content (AvgIpc) is 3.77. The predicted molar refractivity (Wildman–Crippen MR) is 174 cm³/mol. The van der Waals surface area contributed by atoms with Crippen molar-refractivity contribution in [3.8, 4) is 47.7 Å². The Hall–Kier alpha value is -4.55. The Morgan fingerprint density at radius 1 is 1.02 bits per heavy atom. The van der Waals surface area contributed by atoms with E-state index in [9.17, 15) is 9.50 Å². The zero-order valence-corrected chi connectivity index (χ0v) is 25.9. The number of nitrogens with one attached hydrogen (secondary N) is 1. The summed E-state index contributed by atoms with van der Waals surface area (Å²) in [6.07, 6.45) is 15.9. The molecule has 240 valence electrons. The van der Waals surface area contributed by atoms with Crippen LogP contribution in [0.2, 0.25) is 0 Å². The summed E-state index contributed by atoms with van der Waals surface area (Å²) in [5.74, 6) is 3.88. The van der Waals surface area contributed by atoms with Crippen LogP contribution in [0.3, 0.4) is 0 Å². The first-order chi connectivity index (χ1) is 22.8. The number of rotatable bonds is 7. The number of nitrogens with zero attached hydrogens (tertiary/aromatic N) is 5. The minimum absolute atomic E-state index is 0.0218. The van der Waals surface area contributed by atoms with Crippen molar-refractivity contribution in [3.63, 3.8) is 0 Å². The summed E-state index contributed by atoms with van der Waals surface area (Å²) < 4.78 is 43.8. The van der Waals surface area contributed by atoms with Crippen molar-refractivity contribution in [3.05, 3.63) is 47.2 Å². The molecule has 3 aliphatic heterocycles. The van der Waals surface area contributed by atoms with Crippen LogP contribution in [0.4, 0.5) is 14.6 Å². The van der Waals surface area contributed by atoms with Gasteiger partial charge in [0.05, 0.1) is 30.8 Å². The van der Waals surface area contributed by atoms with Crippen molar-refractivity contribution in [1.82, 2.24) is 25.2 Å². The number of aromatic hydroxyl groups is 1. The third kappa shape index (κ3) is 5.39. The van der Waals surface area contributed by atoms with Crippen molar-refractivity contribution >= 4 is 27.5 Å². The molecule has 2 N–H and O–H groups in total. The molecule has 4 aliphatic rings. The third-order valence-corrected chi connectivity index (χ3v) is 9.98. The molecule has 0 radical (unpaired) electrons. The minimum Gasteiger partial charge on any atom is -0.508 e. The first-order valence-electron chi connectivity index (χ1n) is 16.1. The van der Waals surface area contributed by atoms with E-state index in [1.807, 2.05) is 0 Å². The topological polar surface area (TPSA) is 95.9 Å². The van der Waals surface area contributed by atoms with Gasteiger partial charge in [-0.05, 0) is 55.2 Å². The molecule has 47 heavy (non-hydrogen) atoms. The number of pyridine rings is 1. The fourth-order valence-electron chi connectivity index (χ4n) is 7.41. The zero-order valence-electron chi connectivity index (χ0n) is 25.9. The van der Waals surface area contributed by atoms with E-state index in [0.29, 0.717) is 36.3 Å². The predicted octanol–water partition coefficient (Wildman–Crippen LogP) is 4.22. The number of anilines is 1. The number of phenols is 1. The van der Waals surface area contributed by atoms with Crippen molar-refractivity contribution in [2.45, 2.75) is 37.8 Å². The summed E-state index contributed by atoms with van der Waals surface area (Å²) in [7, 11) is 0. The van der Waals surface area contributed by atoms with Gasteiger partial charge in [-0.2, -0.15) is 9.97 Å². The van der Waals surface area contributed by atoms with E-state index >= 15 is 4.39 Å². The lowest BCUT2D eigenvalue weighted by molar-refractivity contribution is 0.0231. The van der Waals surface area contributed by atoms with E-state index < -0.39 is 11.6 Å². The van der Waals surface area contributed by atoms with Crippen LogP contribution in [0.15, 0.2) is 24.3 Å². The van der Waals surface area contributed by atoms with Gasteiger partial charge < -0.3 is 24.8 Å². The molecule has 2 atom stereocenters. The molecule has 0 amide bonds. The lowest BCUT2D eigenvalue weighted by Crippen LogP contribution is -2.51. The Kier molecular flexibility index (Phi) is 7.36. The van der Waals surface area contributed by atoms with E-state index in [2.05, 4.69) is 36.9 Å². The van der Waals surface area contributed by atoms with Gasteiger partial charge in [0.25, 0.3) is 0 Å². The lowest BCUT2D eigenvalue weighted by Gasteiger charge is -2.34. The van der Waals surface area contributed by atoms with Gasteiger partial charge in [0.15, 0.2) is 5.82 Å². The number of fused-ring (bicyclic) bond motifs is 4. The Bertz CT molecular complexity index is 1980. The monoisotopic (exact) mass is 636 g/mol. The summed E-state index contributed by atoms with van der Waals surface area (Å²) in [5, 5.41) is 15.2. The molecule has 5 heterocycles. The second-order valence-corrected chi connectivity index (χ2v) is 13.2. The van der Waals surface area contributed by atoms with Crippen LogP contribution in [0.25, 0.3) is 32.9 Å². The maximum atomic E-state index is 17.0.